The Morgan fingerprint density at radius 2 is 2.12 bits per heavy atom. The van der Waals surface area contributed by atoms with E-state index in [0.29, 0.717) is 11.3 Å². The molecule has 3 rings (SSSR count). The molecule has 120 valence electrons. The lowest BCUT2D eigenvalue weighted by atomic mass is 10.1. The Morgan fingerprint density at radius 1 is 1.33 bits per heavy atom. The fraction of sp³-hybridized carbons (Fsp3) is 0.176. The third kappa shape index (κ3) is 2.68. The SMILES string of the molecule is Cc1c(/C=C/c2cc(C)n(-c3nccs3)c2C)n[nH]c(=O)c1C#N. The molecule has 0 saturated carbocycles. The molecule has 7 heteroatoms. The molecule has 3 aromatic heterocycles. The third-order valence-corrected chi connectivity index (χ3v) is 4.63. The zero-order chi connectivity index (χ0) is 17.3. The van der Waals surface area contributed by atoms with Gasteiger partial charge in [-0.05, 0) is 44.0 Å². The minimum Gasteiger partial charge on any atom is -0.294 e. The first-order valence-corrected chi connectivity index (χ1v) is 8.17. The normalized spacial score (nSPS) is 11.1. The van der Waals surface area contributed by atoms with Crippen LogP contribution in [0.2, 0.25) is 0 Å². The Kier molecular flexibility index (Phi) is 4.15. The van der Waals surface area contributed by atoms with Crippen molar-refractivity contribution >= 4 is 23.5 Å². The van der Waals surface area contributed by atoms with E-state index in [-0.39, 0.29) is 5.56 Å². The number of aromatic amines is 1. The summed E-state index contributed by atoms with van der Waals surface area (Å²) in [5.74, 6) is 0. The third-order valence-electron chi connectivity index (χ3n) is 3.88. The van der Waals surface area contributed by atoms with Crippen molar-refractivity contribution in [1.29, 1.82) is 5.26 Å². The number of hydrogen-bond donors (Lipinski definition) is 1. The molecule has 0 aliphatic heterocycles. The number of nitriles is 1. The molecule has 0 unspecified atom stereocenters. The zero-order valence-electron chi connectivity index (χ0n) is 13.5. The standard InChI is InChI=1S/C17H15N5OS/c1-10-8-13(12(3)22(10)17-19-6-7-24-17)4-5-15-11(2)14(9-18)16(23)21-20-15/h4-8H,1-3H3,(H,21,23)/b5-4+. The van der Waals surface area contributed by atoms with Crippen LogP contribution in [-0.2, 0) is 0 Å². The van der Waals surface area contributed by atoms with Crippen molar-refractivity contribution in [2.24, 2.45) is 0 Å². The molecule has 0 saturated heterocycles. The maximum Gasteiger partial charge on any atom is 0.282 e. The van der Waals surface area contributed by atoms with E-state index in [4.69, 9.17) is 5.26 Å². The molecule has 6 nitrogen and oxygen atoms in total. The lowest BCUT2D eigenvalue weighted by molar-refractivity contribution is 0.948. The van der Waals surface area contributed by atoms with Crippen molar-refractivity contribution in [2.75, 3.05) is 0 Å². The molecule has 0 radical (unpaired) electrons. The first-order chi connectivity index (χ1) is 11.5. The van der Waals surface area contributed by atoms with E-state index in [1.165, 1.54) is 0 Å². The molecule has 3 aromatic rings. The highest BCUT2D eigenvalue weighted by molar-refractivity contribution is 7.12. The first-order valence-electron chi connectivity index (χ1n) is 7.29. The quantitative estimate of drug-likeness (QED) is 0.796. The van der Waals surface area contributed by atoms with Crippen LogP contribution in [0.25, 0.3) is 17.3 Å². The number of nitrogens with one attached hydrogen (secondary N) is 1. The van der Waals surface area contributed by atoms with Crippen LogP contribution in [-0.4, -0.2) is 19.7 Å². The van der Waals surface area contributed by atoms with Gasteiger partial charge >= 0.3 is 0 Å². The maximum atomic E-state index is 11.6. The second kappa shape index (κ2) is 6.26. The van der Waals surface area contributed by atoms with Crippen LogP contribution in [0.1, 0.15) is 33.8 Å². The van der Waals surface area contributed by atoms with E-state index >= 15 is 0 Å². The predicted octanol–water partition coefficient (Wildman–Crippen LogP) is 2.98. The lowest BCUT2D eigenvalue weighted by Gasteiger charge is -2.04. The highest BCUT2D eigenvalue weighted by atomic mass is 32.1. The van der Waals surface area contributed by atoms with E-state index in [2.05, 4.69) is 25.8 Å². The summed E-state index contributed by atoms with van der Waals surface area (Å²) >= 11 is 1.58. The van der Waals surface area contributed by atoms with Gasteiger partial charge in [-0.1, -0.05) is 6.08 Å². The molecule has 1 N–H and O–H groups in total. The minimum atomic E-state index is -0.464. The summed E-state index contributed by atoms with van der Waals surface area (Å²) < 4.78 is 2.10. The monoisotopic (exact) mass is 337 g/mol. The van der Waals surface area contributed by atoms with E-state index in [0.717, 1.165) is 22.1 Å². The van der Waals surface area contributed by atoms with Gasteiger partial charge in [0.2, 0.25) is 0 Å². The van der Waals surface area contributed by atoms with E-state index < -0.39 is 5.56 Å². The molecule has 0 aromatic carbocycles. The van der Waals surface area contributed by atoms with Gasteiger partial charge in [-0.25, -0.2) is 10.1 Å². The van der Waals surface area contributed by atoms with Crippen molar-refractivity contribution in [3.8, 4) is 11.2 Å². The summed E-state index contributed by atoms with van der Waals surface area (Å²) in [5, 5.41) is 18.3. The van der Waals surface area contributed by atoms with Gasteiger partial charge < -0.3 is 0 Å². The molecule has 0 bridgehead atoms. The number of hydrogen-bond acceptors (Lipinski definition) is 5. The highest BCUT2D eigenvalue weighted by Gasteiger charge is 2.11. The van der Waals surface area contributed by atoms with Crippen LogP contribution in [0, 0.1) is 32.1 Å². The summed E-state index contributed by atoms with van der Waals surface area (Å²) in [4.78, 5) is 15.9. The average Bonchev–Trinajstić information content (AvgIpc) is 3.15. The van der Waals surface area contributed by atoms with Crippen molar-refractivity contribution in [2.45, 2.75) is 20.8 Å². The summed E-state index contributed by atoms with van der Waals surface area (Å²) in [6, 6.07) is 3.99. The minimum absolute atomic E-state index is 0.0953. The second-order valence-electron chi connectivity index (χ2n) is 5.36. The number of rotatable bonds is 3. The number of nitrogens with zero attached hydrogens (tertiary/aromatic N) is 4. The molecule has 0 amide bonds. The van der Waals surface area contributed by atoms with E-state index in [1.54, 1.807) is 30.5 Å². The van der Waals surface area contributed by atoms with Gasteiger partial charge in [-0.15, -0.1) is 11.3 Å². The first kappa shape index (κ1) is 15.9. The highest BCUT2D eigenvalue weighted by Crippen LogP contribution is 2.23. The van der Waals surface area contributed by atoms with Gasteiger partial charge in [0.05, 0.1) is 5.69 Å². The number of aryl methyl sites for hydroxylation is 1. The molecule has 0 fully saturated rings. The van der Waals surface area contributed by atoms with Gasteiger partial charge in [0, 0.05) is 23.0 Å². The summed E-state index contributed by atoms with van der Waals surface area (Å²) in [6.07, 6.45) is 5.52. The van der Waals surface area contributed by atoms with Crippen molar-refractivity contribution < 1.29 is 0 Å². The lowest BCUT2D eigenvalue weighted by Crippen LogP contribution is -2.15. The molecule has 0 aliphatic carbocycles. The largest absolute Gasteiger partial charge is 0.294 e. The van der Waals surface area contributed by atoms with Gasteiger partial charge in [0.1, 0.15) is 11.6 Å². The van der Waals surface area contributed by atoms with Crippen LogP contribution >= 0.6 is 11.3 Å². The van der Waals surface area contributed by atoms with Crippen LogP contribution in [0.15, 0.2) is 22.4 Å². The summed E-state index contributed by atoms with van der Waals surface area (Å²) in [6.45, 7) is 5.78. The van der Waals surface area contributed by atoms with Crippen LogP contribution in [0.5, 0.6) is 0 Å². The van der Waals surface area contributed by atoms with E-state index in [1.807, 2.05) is 31.4 Å². The van der Waals surface area contributed by atoms with Crippen LogP contribution in [0.4, 0.5) is 0 Å². The molecule has 0 spiro atoms. The fourth-order valence-electron chi connectivity index (χ4n) is 2.59. The van der Waals surface area contributed by atoms with Crippen LogP contribution < -0.4 is 5.56 Å². The number of thiazole rings is 1. The van der Waals surface area contributed by atoms with Crippen LogP contribution in [0.3, 0.4) is 0 Å². The van der Waals surface area contributed by atoms with Crippen molar-refractivity contribution in [3.05, 3.63) is 61.8 Å². The smallest absolute Gasteiger partial charge is 0.282 e. The van der Waals surface area contributed by atoms with Gasteiger partial charge in [0.15, 0.2) is 5.13 Å². The Balaban J connectivity index is 2.02. The predicted molar refractivity (Wildman–Crippen MR) is 94.2 cm³/mol. The Morgan fingerprint density at radius 3 is 2.79 bits per heavy atom. The van der Waals surface area contributed by atoms with Gasteiger partial charge in [-0.2, -0.15) is 10.4 Å². The number of H-pyrrole nitrogens is 1. The van der Waals surface area contributed by atoms with Gasteiger partial charge in [0.25, 0.3) is 5.56 Å². The molecule has 3 heterocycles. The molecular formula is C17H15N5OS. The average molecular weight is 337 g/mol. The van der Waals surface area contributed by atoms with E-state index in [9.17, 15) is 4.79 Å². The number of aromatic nitrogens is 4. The fourth-order valence-corrected chi connectivity index (χ4v) is 3.34. The topological polar surface area (TPSA) is 87.4 Å². The molecule has 24 heavy (non-hydrogen) atoms. The van der Waals surface area contributed by atoms with Crippen molar-refractivity contribution in [1.82, 2.24) is 19.7 Å². The summed E-state index contributed by atoms with van der Waals surface area (Å²) in [7, 11) is 0. The summed E-state index contributed by atoms with van der Waals surface area (Å²) in [5.41, 5.74) is 3.98. The Labute approximate surface area is 142 Å². The molecule has 0 atom stereocenters. The maximum absolute atomic E-state index is 11.6. The molecular weight excluding hydrogens is 322 g/mol. The second-order valence-corrected chi connectivity index (χ2v) is 6.23. The zero-order valence-corrected chi connectivity index (χ0v) is 14.3. The Bertz CT molecular complexity index is 1020. The molecule has 0 aliphatic rings. The Hall–Kier alpha value is -2.98. The van der Waals surface area contributed by atoms with Gasteiger partial charge in [-0.3, -0.25) is 9.36 Å². The van der Waals surface area contributed by atoms with Crippen molar-refractivity contribution in [3.63, 3.8) is 0 Å².